The number of rotatable bonds is 4. The highest BCUT2D eigenvalue weighted by molar-refractivity contribution is 5.77. The number of nitrogens with zero attached hydrogens (tertiary/aromatic N) is 3. The predicted molar refractivity (Wildman–Crippen MR) is 89.1 cm³/mol. The quantitative estimate of drug-likeness (QED) is 0.642. The number of hydrogen-bond donors (Lipinski definition) is 1. The van der Waals surface area contributed by atoms with Crippen molar-refractivity contribution < 1.29 is 14.5 Å². The van der Waals surface area contributed by atoms with E-state index in [0.717, 1.165) is 6.54 Å². The van der Waals surface area contributed by atoms with E-state index in [1.54, 1.807) is 18.2 Å². The van der Waals surface area contributed by atoms with E-state index in [4.69, 9.17) is 4.74 Å². The number of nitro groups is 1. The number of anilines is 1. The molecule has 2 aliphatic rings. The smallest absolute Gasteiger partial charge is 0.292 e. The summed E-state index contributed by atoms with van der Waals surface area (Å²) in [5.41, 5.74) is 0.734. The van der Waals surface area contributed by atoms with E-state index >= 15 is 0 Å². The number of para-hydroxylation sites is 2. The zero-order valence-corrected chi connectivity index (χ0v) is 13.5. The van der Waals surface area contributed by atoms with Gasteiger partial charge in [-0.15, -0.1) is 0 Å². The first-order chi connectivity index (χ1) is 11.6. The fraction of sp³-hybridized carbons (Fsp3) is 0.562. The Morgan fingerprint density at radius 2 is 2.04 bits per heavy atom. The predicted octanol–water partition coefficient (Wildman–Crippen LogP) is 0.622. The van der Waals surface area contributed by atoms with E-state index in [9.17, 15) is 14.9 Å². The van der Waals surface area contributed by atoms with Crippen LogP contribution in [0.15, 0.2) is 24.3 Å². The maximum absolute atomic E-state index is 12.4. The Labute approximate surface area is 140 Å². The number of nitrogens with one attached hydrogen (secondary N) is 1. The van der Waals surface area contributed by atoms with Gasteiger partial charge in [0.25, 0.3) is 5.69 Å². The third-order valence-electron chi connectivity index (χ3n) is 4.47. The van der Waals surface area contributed by atoms with Crippen molar-refractivity contribution in [3.63, 3.8) is 0 Å². The molecule has 0 radical (unpaired) electrons. The first-order valence-corrected chi connectivity index (χ1v) is 8.22. The molecule has 0 bridgehead atoms. The molecule has 8 nitrogen and oxygen atoms in total. The highest BCUT2D eigenvalue weighted by Crippen LogP contribution is 2.28. The van der Waals surface area contributed by atoms with Gasteiger partial charge in [0.1, 0.15) is 5.69 Å². The minimum Gasteiger partial charge on any atom is -0.378 e. The standard InChI is InChI=1S/C16H22N4O4/c21-16(11-13-12-24-10-5-17-13)19-8-6-18(7-9-19)14-3-1-2-4-15(14)20(22)23/h1-4,13,17H,5-12H2. The fourth-order valence-electron chi connectivity index (χ4n) is 3.17. The Bertz CT molecular complexity index is 595. The van der Waals surface area contributed by atoms with Crippen LogP contribution >= 0.6 is 0 Å². The molecule has 1 unspecified atom stereocenters. The SMILES string of the molecule is O=C(CC1COCCN1)N1CCN(c2ccccc2[N+](=O)[O-])CC1. The molecule has 0 spiro atoms. The van der Waals surface area contributed by atoms with Crippen LogP contribution in [0.5, 0.6) is 0 Å². The van der Waals surface area contributed by atoms with E-state index in [0.29, 0.717) is 51.5 Å². The van der Waals surface area contributed by atoms with Gasteiger partial charge in [0, 0.05) is 51.3 Å². The van der Waals surface area contributed by atoms with Crippen molar-refractivity contribution in [1.29, 1.82) is 0 Å². The molecule has 0 aliphatic carbocycles. The number of hydrogen-bond acceptors (Lipinski definition) is 6. The number of carbonyl (C=O) groups excluding carboxylic acids is 1. The molecule has 1 aromatic carbocycles. The molecule has 2 heterocycles. The first-order valence-electron chi connectivity index (χ1n) is 8.22. The molecule has 24 heavy (non-hydrogen) atoms. The van der Waals surface area contributed by atoms with Crippen LogP contribution < -0.4 is 10.2 Å². The fourth-order valence-corrected chi connectivity index (χ4v) is 3.17. The Hall–Kier alpha value is -2.19. The van der Waals surface area contributed by atoms with Gasteiger partial charge in [-0.05, 0) is 6.07 Å². The van der Waals surface area contributed by atoms with E-state index in [1.807, 2.05) is 9.80 Å². The van der Waals surface area contributed by atoms with E-state index < -0.39 is 0 Å². The minimum atomic E-state index is -0.360. The molecule has 0 aromatic heterocycles. The highest BCUT2D eigenvalue weighted by Gasteiger charge is 2.27. The molecular formula is C16H22N4O4. The van der Waals surface area contributed by atoms with Gasteiger partial charge in [0.05, 0.1) is 18.1 Å². The van der Waals surface area contributed by atoms with Crippen molar-refractivity contribution in [2.24, 2.45) is 0 Å². The molecule has 1 atom stereocenters. The molecule has 2 aliphatic heterocycles. The van der Waals surface area contributed by atoms with Gasteiger partial charge >= 0.3 is 0 Å². The number of morpholine rings is 1. The molecule has 1 N–H and O–H groups in total. The average Bonchev–Trinajstić information content (AvgIpc) is 2.62. The monoisotopic (exact) mass is 334 g/mol. The van der Waals surface area contributed by atoms with Crippen LogP contribution in [-0.2, 0) is 9.53 Å². The number of carbonyl (C=O) groups is 1. The van der Waals surface area contributed by atoms with Gasteiger partial charge in [0.15, 0.2) is 0 Å². The highest BCUT2D eigenvalue weighted by atomic mass is 16.6. The zero-order chi connectivity index (χ0) is 16.9. The van der Waals surface area contributed by atoms with Gasteiger partial charge in [0.2, 0.25) is 5.91 Å². The number of piperazine rings is 1. The summed E-state index contributed by atoms with van der Waals surface area (Å²) in [7, 11) is 0. The van der Waals surface area contributed by atoms with Crippen LogP contribution in [-0.4, -0.2) is 67.7 Å². The largest absolute Gasteiger partial charge is 0.378 e. The Balaban J connectivity index is 1.56. The van der Waals surface area contributed by atoms with Crippen molar-refractivity contribution >= 4 is 17.3 Å². The second-order valence-electron chi connectivity index (χ2n) is 6.04. The second kappa shape index (κ2) is 7.59. The Kier molecular flexibility index (Phi) is 5.27. The summed E-state index contributed by atoms with van der Waals surface area (Å²) < 4.78 is 5.38. The summed E-state index contributed by atoms with van der Waals surface area (Å²) in [4.78, 5) is 27.0. The number of ether oxygens (including phenoxy) is 1. The third kappa shape index (κ3) is 3.82. The van der Waals surface area contributed by atoms with E-state index in [-0.39, 0.29) is 22.6 Å². The van der Waals surface area contributed by atoms with Crippen LogP contribution in [0.4, 0.5) is 11.4 Å². The Morgan fingerprint density at radius 3 is 2.71 bits per heavy atom. The van der Waals surface area contributed by atoms with Crippen LogP contribution in [0.1, 0.15) is 6.42 Å². The lowest BCUT2D eigenvalue weighted by atomic mass is 10.1. The van der Waals surface area contributed by atoms with Crippen molar-refractivity contribution in [2.45, 2.75) is 12.5 Å². The summed E-state index contributed by atoms with van der Waals surface area (Å²) >= 11 is 0. The van der Waals surface area contributed by atoms with E-state index in [1.165, 1.54) is 6.07 Å². The molecule has 2 fully saturated rings. The van der Waals surface area contributed by atoms with Gasteiger partial charge in [-0.25, -0.2) is 0 Å². The molecular weight excluding hydrogens is 312 g/mol. The normalized spacial score (nSPS) is 21.6. The molecule has 1 aromatic rings. The Morgan fingerprint density at radius 1 is 1.29 bits per heavy atom. The number of amides is 1. The van der Waals surface area contributed by atoms with Gasteiger partial charge in [-0.3, -0.25) is 14.9 Å². The van der Waals surface area contributed by atoms with Crippen LogP contribution in [0, 0.1) is 10.1 Å². The summed E-state index contributed by atoms with van der Waals surface area (Å²) in [5, 5.41) is 14.4. The molecule has 1 amide bonds. The van der Waals surface area contributed by atoms with Crippen molar-refractivity contribution in [2.75, 3.05) is 50.8 Å². The topological polar surface area (TPSA) is 88.0 Å². The lowest BCUT2D eigenvalue weighted by Gasteiger charge is -2.36. The maximum atomic E-state index is 12.4. The second-order valence-corrected chi connectivity index (χ2v) is 6.04. The van der Waals surface area contributed by atoms with Crippen molar-refractivity contribution in [3.8, 4) is 0 Å². The lowest BCUT2D eigenvalue weighted by molar-refractivity contribution is -0.384. The molecule has 2 saturated heterocycles. The summed E-state index contributed by atoms with van der Waals surface area (Å²) in [6.07, 6.45) is 0.436. The maximum Gasteiger partial charge on any atom is 0.292 e. The summed E-state index contributed by atoms with van der Waals surface area (Å²) in [6.45, 7) is 4.41. The van der Waals surface area contributed by atoms with Crippen molar-refractivity contribution in [1.82, 2.24) is 10.2 Å². The average molecular weight is 334 g/mol. The summed E-state index contributed by atoms with van der Waals surface area (Å²) in [5.74, 6) is 0.111. The van der Waals surface area contributed by atoms with Crippen molar-refractivity contribution in [3.05, 3.63) is 34.4 Å². The molecule has 130 valence electrons. The van der Waals surface area contributed by atoms with Crippen LogP contribution in [0.25, 0.3) is 0 Å². The van der Waals surface area contributed by atoms with E-state index in [2.05, 4.69) is 5.32 Å². The van der Waals surface area contributed by atoms with Crippen LogP contribution in [0.3, 0.4) is 0 Å². The molecule has 0 saturated carbocycles. The zero-order valence-electron chi connectivity index (χ0n) is 13.5. The third-order valence-corrected chi connectivity index (χ3v) is 4.47. The minimum absolute atomic E-state index is 0.0829. The lowest BCUT2D eigenvalue weighted by Crippen LogP contribution is -2.51. The van der Waals surface area contributed by atoms with Gasteiger partial charge < -0.3 is 19.9 Å². The van der Waals surface area contributed by atoms with Gasteiger partial charge in [-0.2, -0.15) is 0 Å². The summed E-state index contributed by atoms with van der Waals surface area (Å²) in [6, 6.07) is 6.83. The number of nitro benzene ring substituents is 1. The van der Waals surface area contributed by atoms with Gasteiger partial charge in [-0.1, -0.05) is 12.1 Å². The van der Waals surface area contributed by atoms with Crippen LogP contribution in [0.2, 0.25) is 0 Å². The molecule has 3 rings (SSSR count). The number of benzene rings is 1. The molecule has 8 heteroatoms. The first kappa shape index (κ1) is 16.7.